The zero-order chi connectivity index (χ0) is 23.0. The Kier molecular flexibility index (Phi) is 1.91. The number of benzene rings is 1. The van der Waals surface area contributed by atoms with E-state index in [1.54, 1.807) is 6.07 Å². The van der Waals surface area contributed by atoms with Gasteiger partial charge in [0.25, 0.3) is 0 Å². The molecule has 1 saturated carbocycles. The Bertz CT molecular complexity index is 845. The topological polar surface area (TPSA) is 3.24 Å². The molecule has 3 aliphatic rings. The lowest BCUT2D eigenvalue weighted by Gasteiger charge is -2.58. The van der Waals surface area contributed by atoms with Crippen molar-refractivity contribution in [3.05, 3.63) is 34.9 Å². The van der Waals surface area contributed by atoms with Crippen molar-refractivity contribution in [2.75, 3.05) is 13.6 Å². The summed E-state index contributed by atoms with van der Waals surface area (Å²) >= 11 is 0. The molecule has 0 N–H and O–H groups in total. The van der Waals surface area contributed by atoms with Crippen molar-refractivity contribution >= 4 is 0 Å². The Morgan fingerprint density at radius 3 is 3.18 bits per heavy atom. The van der Waals surface area contributed by atoms with Crippen LogP contribution in [0.3, 0.4) is 0 Å². The highest BCUT2D eigenvalue weighted by Gasteiger charge is 2.52. The molecule has 1 aromatic rings. The molecule has 0 radical (unpaired) electrons. The summed E-state index contributed by atoms with van der Waals surface area (Å²) in [6.07, 6.45) is 3.39. The van der Waals surface area contributed by atoms with Crippen LogP contribution >= 0.6 is 0 Å². The molecular weight excluding hydrogens is 266 g/mol. The van der Waals surface area contributed by atoms with Gasteiger partial charge in [-0.25, -0.2) is 0 Å². The molecule has 2 aliphatic carbocycles. The first-order valence-electron chi connectivity index (χ1n) is 13.0. The number of rotatable bonds is 2. The third-order valence-electron chi connectivity index (χ3n) is 6.38. The van der Waals surface area contributed by atoms with Gasteiger partial charge in [-0.15, -0.1) is 0 Å². The van der Waals surface area contributed by atoms with Crippen LogP contribution in [0.5, 0.6) is 0 Å². The Morgan fingerprint density at radius 1 is 1.41 bits per heavy atom. The highest BCUT2D eigenvalue weighted by atomic mass is 15.1. The number of piperidine rings is 1. The fourth-order valence-corrected chi connectivity index (χ4v) is 5.42. The Labute approximate surface area is 148 Å². The first kappa shape index (κ1) is 7.83. The highest BCUT2D eigenvalue weighted by Crippen LogP contribution is 2.55. The van der Waals surface area contributed by atoms with E-state index in [-0.39, 0.29) is 11.0 Å². The van der Waals surface area contributed by atoms with Gasteiger partial charge in [0.2, 0.25) is 0 Å². The molecule has 2 fully saturated rings. The van der Waals surface area contributed by atoms with Crippen molar-refractivity contribution in [2.24, 2.45) is 11.8 Å². The van der Waals surface area contributed by atoms with Crippen LogP contribution in [0.1, 0.15) is 74.8 Å². The van der Waals surface area contributed by atoms with E-state index >= 15 is 0 Å². The molecule has 3 atom stereocenters. The number of fused-ring (bicyclic) bond motifs is 1. The predicted octanol–water partition coefficient (Wildman–Crippen LogP) is 4.57. The fourth-order valence-electron chi connectivity index (χ4n) is 5.42. The van der Waals surface area contributed by atoms with Crippen molar-refractivity contribution < 1.29 is 12.3 Å². The monoisotopic (exact) mass is 306 g/mol. The third-order valence-corrected chi connectivity index (χ3v) is 6.38. The van der Waals surface area contributed by atoms with Gasteiger partial charge in [0.05, 0.1) is 0 Å². The van der Waals surface area contributed by atoms with E-state index in [0.717, 1.165) is 49.8 Å². The standard InChI is InChI=1S/C21H31N/c1-15(2)12-16-7-8-17-14-20-18-6-4-5-9-21(18,19(17)13-16)10-11-22(20)3/h7-8,13,15,18,20H,4-6,9-12,14H2,1-3H3/t18-,20+,21?/m1/s1/i1D3,2D3,12D2,15D. The zero-order valence-electron chi connectivity index (χ0n) is 22.3. The van der Waals surface area contributed by atoms with Crippen molar-refractivity contribution in [3.63, 3.8) is 0 Å². The van der Waals surface area contributed by atoms with E-state index in [1.165, 1.54) is 12.5 Å². The van der Waals surface area contributed by atoms with Crippen LogP contribution in [0.25, 0.3) is 0 Å². The van der Waals surface area contributed by atoms with Gasteiger partial charge in [0, 0.05) is 23.8 Å². The molecule has 1 heteroatoms. The van der Waals surface area contributed by atoms with E-state index in [0.29, 0.717) is 12.0 Å². The Balaban J connectivity index is 1.87. The van der Waals surface area contributed by atoms with Crippen LogP contribution in [0.15, 0.2) is 18.2 Å². The second-order valence-corrected chi connectivity index (χ2v) is 7.38. The number of hydrogen-bond donors (Lipinski definition) is 0. The molecular formula is C21H31N. The van der Waals surface area contributed by atoms with E-state index in [4.69, 9.17) is 12.3 Å². The predicted molar refractivity (Wildman–Crippen MR) is 93.4 cm³/mol. The van der Waals surface area contributed by atoms with Gasteiger partial charge in [-0.2, -0.15) is 0 Å². The first-order chi connectivity index (χ1) is 14.2. The zero-order valence-corrected chi connectivity index (χ0v) is 13.3. The second kappa shape index (κ2) is 5.37. The van der Waals surface area contributed by atoms with E-state index in [2.05, 4.69) is 11.9 Å². The van der Waals surface area contributed by atoms with E-state index in [9.17, 15) is 0 Å². The quantitative estimate of drug-likeness (QED) is 0.773. The number of likely N-dealkylation sites (tertiary alicyclic amines) is 1. The molecule has 1 saturated heterocycles. The maximum atomic E-state index is 8.64. The molecule has 1 unspecified atom stereocenters. The molecule has 0 spiro atoms. The smallest absolute Gasteiger partial charge is 0.0319 e. The molecule has 0 aromatic heterocycles. The molecule has 1 heterocycles. The van der Waals surface area contributed by atoms with Gasteiger partial charge >= 0.3 is 0 Å². The summed E-state index contributed by atoms with van der Waals surface area (Å²) in [5.41, 5.74) is 2.12. The molecule has 120 valence electrons. The number of hydrogen-bond acceptors (Lipinski definition) is 1. The van der Waals surface area contributed by atoms with Crippen LogP contribution in [-0.4, -0.2) is 24.5 Å². The molecule has 22 heavy (non-hydrogen) atoms. The van der Waals surface area contributed by atoms with Crippen molar-refractivity contribution in [2.45, 2.75) is 70.1 Å². The summed E-state index contributed by atoms with van der Waals surface area (Å²) in [6.45, 7) is -5.67. The van der Waals surface area contributed by atoms with Crippen molar-refractivity contribution in [1.82, 2.24) is 4.90 Å². The van der Waals surface area contributed by atoms with E-state index < -0.39 is 26.0 Å². The maximum Gasteiger partial charge on any atom is 0.0319 e. The molecule has 2 bridgehead atoms. The normalized spacial score (nSPS) is 42.7. The molecule has 1 aliphatic heterocycles. The second-order valence-electron chi connectivity index (χ2n) is 7.38. The number of nitrogens with zero attached hydrogens (tertiary/aromatic N) is 1. The minimum atomic E-state index is -3.32. The average molecular weight is 307 g/mol. The van der Waals surface area contributed by atoms with Crippen LogP contribution in [0.4, 0.5) is 0 Å². The van der Waals surface area contributed by atoms with Gasteiger partial charge in [0.1, 0.15) is 0 Å². The third kappa shape index (κ3) is 2.16. The van der Waals surface area contributed by atoms with Gasteiger partial charge in [0.15, 0.2) is 0 Å². The summed E-state index contributed by atoms with van der Waals surface area (Å²) in [6, 6.07) is 5.52. The number of likely N-dealkylation sites (N-methyl/N-ethyl adjacent to an activating group) is 1. The van der Waals surface area contributed by atoms with Crippen molar-refractivity contribution in [3.8, 4) is 0 Å². The molecule has 1 nitrogen and oxygen atoms in total. The Morgan fingerprint density at radius 2 is 2.32 bits per heavy atom. The Hall–Kier alpha value is -0.820. The largest absolute Gasteiger partial charge is 0.303 e. The fraction of sp³-hybridized carbons (Fsp3) is 0.714. The minimum absolute atomic E-state index is 0.00965. The van der Waals surface area contributed by atoms with E-state index in [1.807, 2.05) is 6.07 Å². The van der Waals surface area contributed by atoms with Crippen LogP contribution in [-0.2, 0) is 18.2 Å². The van der Waals surface area contributed by atoms with Crippen molar-refractivity contribution in [1.29, 1.82) is 0 Å². The molecule has 1 aromatic carbocycles. The minimum Gasteiger partial charge on any atom is -0.303 e. The molecule has 0 amide bonds. The summed E-state index contributed by atoms with van der Waals surface area (Å²) < 4.78 is 72.2. The highest BCUT2D eigenvalue weighted by molar-refractivity contribution is 5.43. The summed E-state index contributed by atoms with van der Waals surface area (Å²) in [7, 11) is 2.17. The van der Waals surface area contributed by atoms with Crippen LogP contribution in [0, 0.1) is 11.8 Å². The first-order valence-corrected chi connectivity index (χ1v) is 8.51. The lowest BCUT2D eigenvalue weighted by atomic mass is 9.52. The lowest BCUT2D eigenvalue weighted by Crippen LogP contribution is -2.59. The van der Waals surface area contributed by atoms with Gasteiger partial charge in [-0.3, -0.25) is 0 Å². The SMILES string of the molecule is [2H]C([2H])([2H])C([2H])(C([2H])([2H])[2H])C([2H])([2H])c1ccc2c(c1)C13CCCC[C@@H]1[C@H](C2)N(C)CC3. The summed E-state index contributed by atoms with van der Waals surface area (Å²) in [5.74, 6) is -2.80. The van der Waals surface area contributed by atoms with Gasteiger partial charge in [-0.05, 0) is 74.2 Å². The summed E-state index contributed by atoms with van der Waals surface area (Å²) in [4.78, 5) is 2.43. The van der Waals surface area contributed by atoms with Crippen LogP contribution in [0.2, 0.25) is 0 Å². The van der Waals surface area contributed by atoms with Gasteiger partial charge < -0.3 is 4.90 Å². The maximum absolute atomic E-state index is 8.64. The lowest BCUT2D eigenvalue weighted by molar-refractivity contribution is 0.00281. The molecule has 4 rings (SSSR count). The average Bonchev–Trinajstić information content (AvgIpc) is 2.68. The summed E-state index contributed by atoms with van der Waals surface area (Å²) in [5, 5.41) is 0. The van der Waals surface area contributed by atoms with Crippen LogP contribution < -0.4 is 0 Å². The van der Waals surface area contributed by atoms with Gasteiger partial charge in [-0.1, -0.05) is 44.7 Å².